The highest BCUT2D eigenvalue weighted by atomic mass is 16.5. The number of rotatable bonds is 3. The first-order valence-corrected chi connectivity index (χ1v) is 5.93. The van der Waals surface area contributed by atoms with E-state index in [0.29, 0.717) is 25.6 Å². The molecule has 2 aliphatic rings. The lowest BCUT2D eigenvalue weighted by molar-refractivity contribution is 0.105. The van der Waals surface area contributed by atoms with E-state index >= 15 is 0 Å². The standard InChI is InChI=1S/C11H19N3O3/c1-16-8-5-14-10(15)13-9(12)11(14)3-2-6-17-7-4-11/h2-8H2,1H3,(H2,12,13,15). The molecule has 0 saturated carbocycles. The molecule has 1 atom stereocenters. The fourth-order valence-corrected chi connectivity index (χ4v) is 2.54. The number of amides is 2. The maximum Gasteiger partial charge on any atom is 0.346 e. The average molecular weight is 241 g/mol. The Morgan fingerprint density at radius 3 is 3.12 bits per heavy atom. The van der Waals surface area contributed by atoms with Crippen molar-refractivity contribution in [3.63, 3.8) is 0 Å². The van der Waals surface area contributed by atoms with Crippen LogP contribution in [0.15, 0.2) is 4.99 Å². The van der Waals surface area contributed by atoms with Crippen molar-refractivity contribution >= 4 is 11.9 Å². The van der Waals surface area contributed by atoms with Crippen LogP contribution in [0.1, 0.15) is 19.3 Å². The summed E-state index contributed by atoms with van der Waals surface area (Å²) < 4.78 is 10.5. The highest BCUT2D eigenvalue weighted by molar-refractivity contribution is 6.05. The van der Waals surface area contributed by atoms with Crippen molar-refractivity contribution in [2.24, 2.45) is 10.7 Å². The number of hydrogen-bond acceptors (Lipinski definition) is 4. The van der Waals surface area contributed by atoms with Crippen molar-refractivity contribution in [3.05, 3.63) is 0 Å². The quantitative estimate of drug-likeness (QED) is 0.774. The van der Waals surface area contributed by atoms with Crippen molar-refractivity contribution in [2.45, 2.75) is 24.8 Å². The van der Waals surface area contributed by atoms with Crippen LogP contribution in [-0.2, 0) is 9.47 Å². The summed E-state index contributed by atoms with van der Waals surface area (Å²) in [6.45, 7) is 2.37. The summed E-state index contributed by atoms with van der Waals surface area (Å²) in [5.41, 5.74) is 5.52. The molecule has 1 fully saturated rings. The number of carbonyl (C=O) groups is 1. The molecule has 2 heterocycles. The second-order valence-electron chi connectivity index (χ2n) is 4.42. The Morgan fingerprint density at radius 2 is 2.35 bits per heavy atom. The third-order valence-corrected chi connectivity index (χ3v) is 3.50. The summed E-state index contributed by atoms with van der Waals surface area (Å²) in [5, 5.41) is 0. The van der Waals surface area contributed by atoms with Gasteiger partial charge in [0.2, 0.25) is 0 Å². The SMILES string of the molecule is COCCN1C(=O)N=C(N)C12CCCOCC2. The van der Waals surface area contributed by atoms with Gasteiger partial charge in [-0.05, 0) is 12.8 Å². The Bertz CT molecular complexity index is 322. The van der Waals surface area contributed by atoms with Gasteiger partial charge in [-0.15, -0.1) is 0 Å². The first-order valence-electron chi connectivity index (χ1n) is 5.93. The molecule has 2 aliphatic heterocycles. The van der Waals surface area contributed by atoms with Crippen molar-refractivity contribution < 1.29 is 14.3 Å². The van der Waals surface area contributed by atoms with E-state index < -0.39 is 5.54 Å². The largest absolute Gasteiger partial charge is 0.385 e. The lowest BCUT2D eigenvalue weighted by atomic mass is 9.88. The molecule has 0 aromatic carbocycles. The maximum absolute atomic E-state index is 11.8. The van der Waals surface area contributed by atoms with Gasteiger partial charge in [-0.1, -0.05) is 0 Å². The summed E-state index contributed by atoms with van der Waals surface area (Å²) in [4.78, 5) is 17.5. The number of nitrogens with zero attached hydrogens (tertiary/aromatic N) is 2. The van der Waals surface area contributed by atoms with Gasteiger partial charge in [0, 0.05) is 33.3 Å². The lowest BCUT2D eigenvalue weighted by Crippen LogP contribution is -2.55. The second kappa shape index (κ2) is 5.01. The van der Waals surface area contributed by atoms with Gasteiger partial charge in [-0.2, -0.15) is 4.99 Å². The maximum atomic E-state index is 11.8. The van der Waals surface area contributed by atoms with Crippen molar-refractivity contribution in [1.82, 2.24) is 4.90 Å². The van der Waals surface area contributed by atoms with E-state index in [9.17, 15) is 4.79 Å². The van der Waals surface area contributed by atoms with Crippen LogP contribution >= 0.6 is 0 Å². The zero-order chi connectivity index (χ0) is 12.3. The predicted octanol–water partition coefficient (Wildman–Crippen LogP) is 0.365. The molecule has 6 nitrogen and oxygen atoms in total. The van der Waals surface area contributed by atoms with E-state index in [2.05, 4.69) is 4.99 Å². The van der Waals surface area contributed by atoms with E-state index in [4.69, 9.17) is 15.2 Å². The van der Waals surface area contributed by atoms with Crippen LogP contribution in [0.5, 0.6) is 0 Å². The molecule has 17 heavy (non-hydrogen) atoms. The summed E-state index contributed by atoms with van der Waals surface area (Å²) in [6, 6.07) is -0.249. The predicted molar refractivity (Wildman–Crippen MR) is 63.0 cm³/mol. The molecule has 0 aromatic heterocycles. The van der Waals surface area contributed by atoms with Crippen LogP contribution in [0.25, 0.3) is 0 Å². The number of nitrogens with two attached hydrogens (primary N) is 1. The molecule has 1 saturated heterocycles. The monoisotopic (exact) mass is 241 g/mol. The van der Waals surface area contributed by atoms with Gasteiger partial charge in [0.05, 0.1) is 6.61 Å². The molecule has 1 unspecified atom stereocenters. The van der Waals surface area contributed by atoms with Gasteiger partial charge in [-0.3, -0.25) is 0 Å². The molecule has 1 spiro atoms. The van der Waals surface area contributed by atoms with Crippen LogP contribution < -0.4 is 5.73 Å². The van der Waals surface area contributed by atoms with Crippen LogP contribution in [0.4, 0.5) is 4.79 Å². The normalized spacial score (nSPS) is 29.6. The Labute approximate surface area is 101 Å². The van der Waals surface area contributed by atoms with Crippen molar-refractivity contribution in [2.75, 3.05) is 33.5 Å². The zero-order valence-electron chi connectivity index (χ0n) is 10.1. The number of carbonyl (C=O) groups excluding carboxylic acids is 1. The zero-order valence-corrected chi connectivity index (χ0v) is 10.1. The number of urea groups is 1. The van der Waals surface area contributed by atoms with Gasteiger partial charge < -0.3 is 20.1 Å². The summed E-state index contributed by atoms with van der Waals surface area (Å²) in [7, 11) is 1.62. The summed E-state index contributed by atoms with van der Waals surface area (Å²) in [6.07, 6.45) is 2.43. The molecular weight excluding hydrogens is 222 g/mol. The number of methoxy groups -OCH3 is 1. The molecule has 2 rings (SSSR count). The topological polar surface area (TPSA) is 77.2 Å². The first kappa shape index (κ1) is 12.3. The van der Waals surface area contributed by atoms with Gasteiger partial charge in [-0.25, -0.2) is 4.79 Å². The molecule has 96 valence electrons. The highest BCUT2D eigenvalue weighted by Crippen LogP contribution is 2.33. The van der Waals surface area contributed by atoms with Gasteiger partial charge in [0.25, 0.3) is 0 Å². The summed E-state index contributed by atoms with van der Waals surface area (Å²) in [5.74, 6) is 0.434. The number of aliphatic imine (C=N–C) groups is 1. The minimum Gasteiger partial charge on any atom is -0.385 e. The first-order chi connectivity index (χ1) is 8.20. The Morgan fingerprint density at radius 1 is 1.53 bits per heavy atom. The fraction of sp³-hybridized carbons (Fsp3) is 0.818. The molecule has 0 aliphatic carbocycles. The number of ether oxygens (including phenoxy) is 2. The Hall–Kier alpha value is -1.14. The highest BCUT2D eigenvalue weighted by Gasteiger charge is 2.48. The lowest BCUT2D eigenvalue weighted by Gasteiger charge is -2.36. The van der Waals surface area contributed by atoms with Crippen molar-refractivity contribution in [3.8, 4) is 0 Å². The number of amidine groups is 1. The average Bonchev–Trinajstić information content (AvgIpc) is 2.50. The minimum absolute atomic E-state index is 0.249. The third-order valence-electron chi connectivity index (χ3n) is 3.50. The van der Waals surface area contributed by atoms with E-state index in [1.807, 2.05) is 0 Å². The molecular formula is C11H19N3O3. The molecule has 0 bridgehead atoms. The fourth-order valence-electron chi connectivity index (χ4n) is 2.54. The minimum atomic E-state index is -0.438. The third kappa shape index (κ3) is 2.14. The smallest absolute Gasteiger partial charge is 0.346 e. The second-order valence-corrected chi connectivity index (χ2v) is 4.42. The van der Waals surface area contributed by atoms with E-state index in [1.165, 1.54) is 0 Å². The van der Waals surface area contributed by atoms with Crippen LogP contribution in [0.3, 0.4) is 0 Å². The number of hydrogen-bond donors (Lipinski definition) is 1. The molecule has 2 N–H and O–H groups in total. The van der Waals surface area contributed by atoms with E-state index in [-0.39, 0.29) is 6.03 Å². The summed E-state index contributed by atoms with van der Waals surface area (Å²) >= 11 is 0. The van der Waals surface area contributed by atoms with Crippen molar-refractivity contribution in [1.29, 1.82) is 0 Å². The van der Waals surface area contributed by atoms with Crippen LogP contribution in [0.2, 0.25) is 0 Å². The molecule has 0 radical (unpaired) electrons. The Kier molecular flexibility index (Phi) is 3.63. The van der Waals surface area contributed by atoms with Gasteiger partial charge >= 0.3 is 6.03 Å². The van der Waals surface area contributed by atoms with Gasteiger partial charge in [0.1, 0.15) is 11.4 Å². The van der Waals surface area contributed by atoms with Crippen LogP contribution in [0, 0.1) is 0 Å². The van der Waals surface area contributed by atoms with E-state index in [1.54, 1.807) is 12.0 Å². The Balaban J connectivity index is 2.19. The van der Waals surface area contributed by atoms with Gasteiger partial charge in [0.15, 0.2) is 0 Å². The molecule has 6 heteroatoms. The van der Waals surface area contributed by atoms with E-state index in [0.717, 1.165) is 25.9 Å². The molecule has 0 aromatic rings. The van der Waals surface area contributed by atoms with Crippen LogP contribution in [-0.4, -0.2) is 55.8 Å². The molecule has 2 amide bonds.